The molecule has 1 aliphatic rings. The van der Waals surface area contributed by atoms with Crippen LogP contribution in [0.3, 0.4) is 0 Å². The number of hydrogen-bond acceptors (Lipinski definition) is 2. The molecule has 2 N–H and O–H groups in total. The van der Waals surface area contributed by atoms with Gasteiger partial charge in [0, 0.05) is 12.1 Å². The summed E-state index contributed by atoms with van der Waals surface area (Å²) in [5.74, 6) is -1.29. The number of halogens is 3. The van der Waals surface area contributed by atoms with Crippen molar-refractivity contribution in [2.75, 3.05) is 18.4 Å². The van der Waals surface area contributed by atoms with Crippen LogP contribution in [0.25, 0.3) is 0 Å². The summed E-state index contributed by atoms with van der Waals surface area (Å²) < 4.78 is 26.3. The minimum Gasteiger partial charge on any atom is -0.379 e. The zero-order valence-corrected chi connectivity index (χ0v) is 9.45. The average molecular weight is 247 g/mol. The molecule has 0 aromatic heterocycles. The quantitative estimate of drug-likeness (QED) is 0.839. The van der Waals surface area contributed by atoms with E-state index in [1.54, 1.807) is 0 Å². The lowest BCUT2D eigenvalue weighted by Crippen LogP contribution is -2.35. The van der Waals surface area contributed by atoms with Crippen LogP contribution in [0.2, 0.25) is 5.02 Å². The van der Waals surface area contributed by atoms with Gasteiger partial charge in [0.15, 0.2) is 5.82 Å². The first-order valence-electron chi connectivity index (χ1n) is 5.28. The molecule has 0 bridgehead atoms. The first-order chi connectivity index (χ1) is 7.66. The van der Waals surface area contributed by atoms with Gasteiger partial charge in [-0.25, -0.2) is 8.78 Å². The van der Waals surface area contributed by atoms with Gasteiger partial charge >= 0.3 is 0 Å². The van der Waals surface area contributed by atoms with Gasteiger partial charge in [0.05, 0.1) is 10.7 Å². The molecule has 0 amide bonds. The minimum absolute atomic E-state index is 0.0935. The molecular weight excluding hydrogens is 234 g/mol. The monoisotopic (exact) mass is 246 g/mol. The van der Waals surface area contributed by atoms with Gasteiger partial charge in [-0.2, -0.15) is 0 Å². The van der Waals surface area contributed by atoms with Crippen molar-refractivity contribution >= 4 is 17.3 Å². The Hall–Kier alpha value is -0.870. The van der Waals surface area contributed by atoms with E-state index in [0.717, 1.165) is 38.1 Å². The lowest BCUT2D eigenvalue weighted by atomic mass is 10.1. The molecule has 88 valence electrons. The fourth-order valence-electron chi connectivity index (χ4n) is 1.85. The highest BCUT2D eigenvalue weighted by Gasteiger charge is 2.17. The summed E-state index contributed by atoms with van der Waals surface area (Å²) in [6.45, 7) is 1.80. The van der Waals surface area contributed by atoms with Gasteiger partial charge in [0.25, 0.3) is 0 Å². The van der Waals surface area contributed by atoms with E-state index in [0.29, 0.717) is 0 Å². The summed E-state index contributed by atoms with van der Waals surface area (Å²) in [6.07, 6.45) is 1.82. The van der Waals surface area contributed by atoms with Crippen LogP contribution in [-0.4, -0.2) is 19.1 Å². The third-order valence-electron chi connectivity index (χ3n) is 2.69. The summed E-state index contributed by atoms with van der Waals surface area (Å²) >= 11 is 5.80. The van der Waals surface area contributed by atoms with Crippen molar-refractivity contribution in [2.45, 2.75) is 18.9 Å². The zero-order valence-electron chi connectivity index (χ0n) is 8.69. The van der Waals surface area contributed by atoms with Crippen molar-refractivity contribution in [2.24, 2.45) is 0 Å². The Morgan fingerprint density at radius 2 is 1.94 bits per heavy atom. The van der Waals surface area contributed by atoms with Crippen LogP contribution in [0.4, 0.5) is 14.5 Å². The van der Waals surface area contributed by atoms with Crippen LogP contribution in [-0.2, 0) is 0 Å². The lowest BCUT2D eigenvalue weighted by Gasteiger charge is -2.25. The lowest BCUT2D eigenvalue weighted by molar-refractivity contribution is 0.476. The van der Waals surface area contributed by atoms with E-state index in [9.17, 15) is 8.78 Å². The number of hydrogen-bond donors (Lipinski definition) is 2. The number of nitrogens with one attached hydrogen (secondary N) is 2. The first kappa shape index (κ1) is 11.6. The van der Waals surface area contributed by atoms with E-state index in [2.05, 4.69) is 10.6 Å². The van der Waals surface area contributed by atoms with Gasteiger partial charge in [0.2, 0.25) is 0 Å². The molecular formula is C11H13ClF2N2. The highest BCUT2D eigenvalue weighted by molar-refractivity contribution is 6.33. The number of piperidine rings is 1. The largest absolute Gasteiger partial charge is 0.379 e. The molecule has 0 atom stereocenters. The van der Waals surface area contributed by atoms with Crippen molar-refractivity contribution in [1.82, 2.24) is 5.32 Å². The molecule has 5 heteroatoms. The maximum absolute atomic E-state index is 13.5. The summed E-state index contributed by atoms with van der Waals surface area (Å²) in [7, 11) is 0. The van der Waals surface area contributed by atoms with E-state index in [1.807, 2.05) is 0 Å². The second-order valence-electron chi connectivity index (χ2n) is 3.91. The Morgan fingerprint density at radius 3 is 2.56 bits per heavy atom. The predicted octanol–water partition coefficient (Wildman–Crippen LogP) is 2.78. The van der Waals surface area contributed by atoms with Crippen LogP contribution in [0, 0.1) is 11.6 Å². The Bertz CT molecular complexity index is 355. The van der Waals surface area contributed by atoms with Crippen LogP contribution in [0.15, 0.2) is 12.1 Å². The van der Waals surface area contributed by atoms with Crippen molar-refractivity contribution in [3.05, 3.63) is 28.8 Å². The zero-order chi connectivity index (χ0) is 11.5. The van der Waals surface area contributed by atoms with Crippen LogP contribution in [0.1, 0.15) is 12.8 Å². The number of anilines is 1. The van der Waals surface area contributed by atoms with Crippen molar-refractivity contribution in [1.29, 1.82) is 0 Å². The predicted molar refractivity (Wildman–Crippen MR) is 60.9 cm³/mol. The highest BCUT2D eigenvalue weighted by Crippen LogP contribution is 2.28. The molecule has 2 rings (SSSR count). The van der Waals surface area contributed by atoms with Gasteiger partial charge in [-0.1, -0.05) is 11.6 Å². The molecule has 0 spiro atoms. The van der Waals surface area contributed by atoms with Gasteiger partial charge in [-0.05, 0) is 32.0 Å². The minimum atomic E-state index is -0.654. The van der Waals surface area contributed by atoms with Gasteiger partial charge in [0.1, 0.15) is 5.82 Å². The molecule has 0 unspecified atom stereocenters. The molecule has 0 aliphatic carbocycles. The van der Waals surface area contributed by atoms with Crippen LogP contribution >= 0.6 is 11.6 Å². The van der Waals surface area contributed by atoms with Crippen molar-refractivity contribution in [3.63, 3.8) is 0 Å². The molecule has 2 nitrogen and oxygen atoms in total. The molecule has 16 heavy (non-hydrogen) atoms. The maximum Gasteiger partial charge on any atom is 0.150 e. The van der Waals surface area contributed by atoms with E-state index < -0.39 is 11.6 Å². The Morgan fingerprint density at radius 1 is 1.25 bits per heavy atom. The van der Waals surface area contributed by atoms with Crippen LogP contribution in [0.5, 0.6) is 0 Å². The van der Waals surface area contributed by atoms with E-state index in [-0.39, 0.29) is 16.8 Å². The maximum atomic E-state index is 13.5. The number of rotatable bonds is 2. The van der Waals surface area contributed by atoms with Gasteiger partial charge < -0.3 is 10.6 Å². The average Bonchev–Trinajstić information content (AvgIpc) is 2.25. The molecule has 1 fully saturated rings. The molecule has 0 radical (unpaired) electrons. The second-order valence-corrected chi connectivity index (χ2v) is 4.32. The molecule has 1 saturated heterocycles. The highest BCUT2D eigenvalue weighted by atomic mass is 35.5. The number of benzene rings is 1. The molecule has 0 saturated carbocycles. The Balaban J connectivity index is 2.14. The fourth-order valence-corrected chi connectivity index (χ4v) is 2.10. The third kappa shape index (κ3) is 2.62. The summed E-state index contributed by atoms with van der Waals surface area (Å²) in [5.41, 5.74) is 0.204. The van der Waals surface area contributed by atoms with E-state index in [4.69, 9.17) is 11.6 Å². The smallest absolute Gasteiger partial charge is 0.150 e. The Labute approximate surface area is 98.0 Å². The topological polar surface area (TPSA) is 24.1 Å². The SMILES string of the molecule is Fc1cc(F)c(NC2CCNCC2)c(Cl)c1. The summed E-state index contributed by atoms with van der Waals surface area (Å²) in [4.78, 5) is 0. The molecule has 1 heterocycles. The molecule has 1 aromatic rings. The third-order valence-corrected chi connectivity index (χ3v) is 2.99. The standard InChI is InChI=1S/C11H13ClF2N2/c12-9-5-7(13)6-10(14)11(9)16-8-1-3-15-4-2-8/h5-6,8,15-16H,1-4H2. The summed E-state index contributed by atoms with van der Waals surface area (Å²) in [6, 6.07) is 2.15. The fraction of sp³-hybridized carbons (Fsp3) is 0.455. The van der Waals surface area contributed by atoms with Crippen molar-refractivity contribution < 1.29 is 8.78 Å². The Kier molecular flexibility index (Phi) is 3.61. The summed E-state index contributed by atoms with van der Waals surface area (Å²) in [5, 5.41) is 6.34. The van der Waals surface area contributed by atoms with Crippen molar-refractivity contribution in [3.8, 4) is 0 Å². The van der Waals surface area contributed by atoms with E-state index in [1.165, 1.54) is 0 Å². The normalized spacial score (nSPS) is 17.4. The van der Waals surface area contributed by atoms with Gasteiger partial charge in [-0.3, -0.25) is 0 Å². The van der Waals surface area contributed by atoms with E-state index >= 15 is 0 Å². The molecule has 1 aliphatic heterocycles. The molecule has 1 aromatic carbocycles. The first-order valence-corrected chi connectivity index (χ1v) is 5.66. The van der Waals surface area contributed by atoms with Crippen LogP contribution < -0.4 is 10.6 Å². The second kappa shape index (κ2) is 4.97. The van der Waals surface area contributed by atoms with Gasteiger partial charge in [-0.15, -0.1) is 0 Å².